The van der Waals surface area contributed by atoms with Gasteiger partial charge in [-0.3, -0.25) is 0 Å². The van der Waals surface area contributed by atoms with Gasteiger partial charge in [0.2, 0.25) is 0 Å². The Bertz CT molecular complexity index is 437. The fourth-order valence-corrected chi connectivity index (χ4v) is 1.46. The van der Waals surface area contributed by atoms with Gasteiger partial charge >= 0.3 is 0 Å². The van der Waals surface area contributed by atoms with Crippen LogP contribution in [0.4, 0.5) is 0 Å². The molecule has 2 rings (SSSR count). The van der Waals surface area contributed by atoms with Crippen molar-refractivity contribution in [3.05, 3.63) is 36.0 Å². The van der Waals surface area contributed by atoms with E-state index in [1.165, 1.54) is 0 Å². The first-order valence-electron chi connectivity index (χ1n) is 4.72. The molecule has 72 valence electrons. The molecule has 2 N–H and O–H groups in total. The highest BCUT2D eigenvalue weighted by molar-refractivity contribution is 5.77. The smallest absolute Gasteiger partial charge is 0.0929 e. The summed E-state index contributed by atoms with van der Waals surface area (Å²) >= 11 is 0. The lowest BCUT2D eigenvalue weighted by Crippen LogP contribution is -2.18. The van der Waals surface area contributed by atoms with E-state index in [-0.39, 0.29) is 6.04 Å². The number of hydrogen-bond acceptors (Lipinski definition) is 3. The second-order valence-electron chi connectivity index (χ2n) is 3.58. The van der Waals surface area contributed by atoms with Gasteiger partial charge in [0.1, 0.15) is 0 Å². The van der Waals surface area contributed by atoms with Crippen molar-refractivity contribution in [1.82, 2.24) is 10.2 Å². The molecule has 0 fully saturated rings. The molecule has 14 heavy (non-hydrogen) atoms. The molecule has 0 bridgehead atoms. The summed E-state index contributed by atoms with van der Waals surface area (Å²) in [7, 11) is 0. The van der Waals surface area contributed by atoms with Gasteiger partial charge in [0.05, 0.1) is 11.2 Å². The molecule has 0 aliphatic heterocycles. The molecule has 0 spiro atoms. The van der Waals surface area contributed by atoms with E-state index in [4.69, 9.17) is 5.73 Å². The van der Waals surface area contributed by atoms with Gasteiger partial charge in [-0.2, -0.15) is 10.2 Å². The third-order valence-electron chi connectivity index (χ3n) is 2.08. The number of rotatable bonds is 2. The third kappa shape index (κ3) is 1.88. The van der Waals surface area contributed by atoms with Crippen LogP contribution in [0.25, 0.3) is 10.9 Å². The van der Waals surface area contributed by atoms with Gasteiger partial charge in [-0.15, -0.1) is 0 Å². The van der Waals surface area contributed by atoms with Crippen molar-refractivity contribution >= 4 is 10.9 Å². The van der Waals surface area contributed by atoms with E-state index >= 15 is 0 Å². The van der Waals surface area contributed by atoms with E-state index in [1.54, 1.807) is 0 Å². The minimum atomic E-state index is 0.130. The Morgan fingerprint density at radius 3 is 2.86 bits per heavy atom. The topological polar surface area (TPSA) is 51.8 Å². The molecule has 1 aromatic carbocycles. The van der Waals surface area contributed by atoms with Gasteiger partial charge in [-0.1, -0.05) is 18.2 Å². The molecule has 0 saturated carbocycles. The lowest BCUT2D eigenvalue weighted by molar-refractivity contribution is 0.713. The van der Waals surface area contributed by atoms with Gasteiger partial charge < -0.3 is 5.73 Å². The summed E-state index contributed by atoms with van der Waals surface area (Å²) in [6, 6.07) is 10.1. The second kappa shape index (κ2) is 3.72. The molecule has 2 aromatic rings. The molecule has 1 atom stereocenters. The van der Waals surface area contributed by atoms with E-state index in [0.717, 1.165) is 23.0 Å². The van der Waals surface area contributed by atoms with Crippen LogP contribution in [0, 0.1) is 0 Å². The summed E-state index contributed by atoms with van der Waals surface area (Å²) in [5, 5.41) is 9.37. The molecule has 0 saturated heterocycles. The molecule has 0 radical (unpaired) electrons. The number of fused-ring (bicyclic) bond motifs is 1. The minimum Gasteiger partial charge on any atom is -0.328 e. The Hall–Kier alpha value is -1.48. The van der Waals surface area contributed by atoms with Crippen LogP contribution in [-0.4, -0.2) is 16.2 Å². The number of aromatic nitrogens is 2. The molecule has 1 aromatic heterocycles. The maximum Gasteiger partial charge on any atom is 0.0929 e. The van der Waals surface area contributed by atoms with Gasteiger partial charge in [0.15, 0.2) is 0 Å². The van der Waals surface area contributed by atoms with Crippen molar-refractivity contribution in [2.24, 2.45) is 5.73 Å². The zero-order chi connectivity index (χ0) is 9.97. The summed E-state index contributed by atoms with van der Waals surface area (Å²) in [6.45, 7) is 1.97. The predicted octanol–water partition coefficient (Wildman–Crippen LogP) is 1.52. The highest BCUT2D eigenvalue weighted by atomic mass is 15.1. The third-order valence-corrected chi connectivity index (χ3v) is 2.08. The van der Waals surface area contributed by atoms with Gasteiger partial charge in [0, 0.05) is 17.8 Å². The fourth-order valence-electron chi connectivity index (χ4n) is 1.46. The van der Waals surface area contributed by atoms with Crippen LogP contribution in [0.2, 0.25) is 0 Å². The van der Waals surface area contributed by atoms with E-state index in [0.29, 0.717) is 0 Å². The lowest BCUT2D eigenvalue weighted by atomic mass is 10.1. The summed E-state index contributed by atoms with van der Waals surface area (Å²) in [5.41, 5.74) is 7.59. The van der Waals surface area contributed by atoms with Crippen molar-refractivity contribution in [2.75, 3.05) is 0 Å². The van der Waals surface area contributed by atoms with Gasteiger partial charge in [-0.25, -0.2) is 0 Å². The first-order chi connectivity index (χ1) is 6.75. The maximum atomic E-state index is 5.70. The van der Waals surface area contributed by atoms with Crippen molar-refractivity contribution in [2.45, 2.75) is 19.4 Å². The standard InChI is InChI=1S/C11H13N3/c1-8(12)6-10-7-9-4-2-3-5-11(9)14-13-10/h2-5,7-8H,6,12H2,1H3. The summed E-state index contributed by atoms with van der Waals surface area (Å²) in [5.74, 6) is 0. The number of nitrogens with zero attached hydrogens (tertiary/aromatic N) is 2. The molecule has 3 nitrogen and oxygen atoms in total. The monoisotopic (exact) mass is 187 g/mol. The molecular formula is C11H13N3. The lowest BCUT2D eigenvalue weighted by Gasteiger charge is -2.04. The Morgan fingerprint density at radius 2 is 2.07 bits per heavy atom. The van der Waals surface area contributed by atoms with Crippen LogP contribution in [0.5, 0.6) is 0 Å². The van der Waals surface area contributed by atoms with Crippen LogP contribution >= 0.6 is 0 Å². The van der Waals surface area contributed by atoms with E-state index in [1.807, 2.05) is 37.3 Å². The fraction of sp³-hybridized carbons (Fsp3) is 0.273. The van der Waals surface area contributed by atoms with Crippen molar-refractivity contribution in [3.63, 3.8) is 0 Å². The number of nitrogens with two attached hydrogens (primary N) is 1. The van der Waals surface area contributed by atoms with E-state index in [2.05, 4.69) is 10.2 Å². The summed E-state index contributed by atoms with van der Waals surface area (Å²) in [6.07, 6.45) is 0.776. The van der Waals surface area contributed by atoms with E-state index in [9.17, 15) is 0 Å². The first kappa shape index (κ1) is 9.09. The summed E-state index contributed by atoms with van der Waals surface area (Å²) in [4.78, 5) is 0. The largest absolute Gasteiger partial charge is 0.328 e. The molecule has 0 amide bonds. The van der Waals surface area contributed by atoms with Gasteiger partial charge in [0.25, 0.3) is 0 Å². The van der Waals surface area contributed by atoms with Crippen LogP contribution in [0.15, 0.2) is 30.3 Å². The average Bonchev–Trinajstić information content (AvgIpc) is 2.17. The zero-order valence-electron chi connectivity index (χ0n) is 8.14. The summed E-state index contributed by atoms with van der Waals surface area (Å²) < 4.78 is 0. The highest BCUT2D eigenvalue weighted by Gasteiger charge is 2.01. The number of hydrogen-bond donors (Lipinski definition) is 1. The molecule has 3 heteroatoms. The molecule has 1 heterocycles. The van der Waals surface area contributed by atoms with Crippen LogP contribution in [0.3, 0.4) is 0 Å². The van der Waals surface area contributed by atoms with Crippen LogP contribution in [-0.2, 0) is 6.42 Å². The predicted molar refractivity (Wildman–Crippen MR) is 56.9 cm³/mol. The van der Waals surface area contributed by atoms with Gasteiger partial charge in [-0.05, 0) is 19.1 Å². The molecule has 1 unspecified atom stereocenters. The molecular weight excluding hydrogens is 174 g/mol. The Kier molecular flexibility index (Phi) is 2.41. The minimum absolute atomic E-state index is 0.130. The maximum absolute atomic E-state index is 5.70. The number of benzene rings is 1. The van der Waals surface area contributed by atoms with E-state index < -0.39 is 0 Å². The molecule has 0 aliphatic rings. The Labute approximate surface area is 83.0 Å². The normalized spacial score (nSPS) is 13.0. The Morgan fingerprint density at radius 1 is 1.29 bits per heavy atom. The average molecular weight is 187 g/mol. The van der Waals surface area contributed by atoms with Crippen LogP contribution < -0.4 is 5.73 Å². The van der Waals surface area contributed by atoms with Crippen molar-refractivity contribution < 1.29 is 0 Å². The van der Waals surface area contributed by atoms with Crippen molar-refractivity contribution in [1.29, 1.82) is 0 Å². The molecule has 0 aliphatic carbocycles. The quantitative estimate of drug-likeness (QED) is 0.775. The SMILES string of the molecule is CC(N)Cc1cc2ccccc2nn1. The van der Waals surface area contributed by atoms with Crippen molar-refractivity contribution in [3.8, 4) is 0 Å². The highest BCUT2D eigenvalue weighted by Crippen LogP contribution is 2.11. The Balaban J connectivity index is 2.41. The second-order valence-corrected chi connectivity index (χ2v) is 3.58. The zero-order valence-corrected chi connectivity index (χ0v) is 8.14. The first-order valence-corrected chi connectivity index (χ1v) is 4.72. The van der Waals surface area contributed by atoms with Crippen LogP contribution in [0.1, 0.15) is 12.6 Å².